The van der Waals surface area contributed by atoms with Gasteiger partial charge in [-0.2, -0.15) is 13.5 Å². The van der Waals surface area contributed by atoms with Crippen LogP contribution >= 0.6 is 0 Å². The van der Waals surface area contributed by atoms with Crippen molar-refractivity contribution in [3.63, 3.8) is 0 Å². The first-order valence-electron chi connectivity index (χ1n) is 4.30. The van der Waals surface area contributed by atoms with Gasteiger partial charge in [-0.1, -0.05) is 16.0 Å². The van der Waals surface area contributed by atoms with E-state index < -0.39 is 15.2 Å². The van der Waals surface area contributed by atoms with Crippen LogP contribution in [0.5, 0.6) is 0 Å². The Morgan fingerprint density at radius 2 is 1.87 bits per heavy atom. The van der Waals surface area contributed by atoms with Gasteiger partial charge < -0.3 is 0 Å². The molecule has 2 aromatic rings. The Hall–Kier alpha value is -1.43. The zero-order chi connectivity index (χ0) is 11.2. The lowest BCUT2D eigenvalue weighted by atomic mass is 10.1. The lowest BCUT2D eigenvalue weighted by Crippen LogP contribution is -1.93. The molecule has 6 heteroatoms. The molecule has 1 heterocycles. The van der Waals surface area contributed by atoms with Crippen LogP contribution in [0.3, 0.4) is 0 Å². The predicted octanol–water partition coefficient (Wildman–Crippen LogP) is 1.84. The number of hydrogen-bond acceptors (Lipinski definition) is 3. The van der Waals surface area contributed by atoms with Gasteiger partial charge in [0.25, 0.3) is 0 Å². The molecule has 0 aliphatic carbocycles. The molecule has 4 nitrogen and oxygen atoms in total. The highest BCUT2D eigenvalue weighted by atomic mass is 32.3. The van der Waals surface area contributed by atoms with Crippen molar-refractivity contribution in [3.05, 3.63) is 23.3 Å². The van der Waals surface area contributed by atoms with Crippen molar-refractivity contribution < 1.29 is 12.3 Å². The van der Waals surface area contributed by atoms with Crippen LogP contribution in [0, 0.1) is 13.8 Å². The number of fused-ring (bicyclic) bond motifs is 1. The van der Waals surface area contributed by atoms with E-state index in [0.29, 0.717) is 16.5 Å². The molecule has 0 atom stereocenters. The molecule has 1 aromatic heterocycles. The molecule has 80 valence electrons. The lowest BCUT2D eigenvalue weighted by Gasteiger charge is -1.98. The highest BCUT2D eigenvalue weighted by Gasteiger charge is 2.21. The largest absolute Gasteiger partial charge is 0.349 e. The van der Waals surface area contributed by atoms with E-state index >= 15 is 0 Å². The molecule has 0 fully saturated rings. The maximum absolute atomic E-state index is 12.9. The first-order chi connectivity index (χ1) is 6.91. The summed E-state index contributed by atoms with van der Waals surface area (Å²) >= 11 is 0. The monoisotopic (exact) mass is 228 g/mol. The zero-order valence-electron chi connectivity index (χ0n) is 8.20. The number of benzene rings is 1. The number of nitrogens with zero attached hydrogens (tertiary/aromatic N) is 1. The minimum Gasteiger partial charge on any atom is -0.264 e. The molecular weight excluding hydrogens is 219 g/mol. The topological polar surface area (TPSA) is 62.8 Å². The zero-order valence-corrected chi connectivity index (χ0v) is 9.02. The van der Waals surface area contributed by atoms with Crippen LogP contribution in [0.2, 0.25) is 0 Å². The highest BCUT2D eigenvalue weighted by Crippen LogP contribution is 2.27. The van der Waals surface area contributed by atoms with Crippen molar-refractivity contribution in [2.45, 2.75) is 18.9 Å². The average molecular weight is 228 g/mol. The van der Waals surface area contributed by atoms with Gasteiger partial charge in [0.1, 0.15) is 0 Å². The number of hydrogen-bond donors (Lipinski definition) is 1. The van der Waals surface area contributed by atoms with Crippen LogP contribution in [0.15, 0.2) is 17.2 Å². The summed E-state index contributed by atoms with van der Waals surface area (Å²) in [5, 5.41) is 5.90. The Bertz CT molecular complexity index is 631. The summed E-state index contributed by atoms with van der Waals surface area (Å²) in [4.78, 5) is 0. The van der Waals surface area contributed by atoms with E-state index in [-0.39, 0.29) is 0 Å². The Kier molecular flexibility index (Phi) is 2.04. The maximum Gasteiger partial charge on any atom is 0.349 e. The van der Waals surface area contributed by atoms with Crippen LogP contribution < -0.4 is 0 Å². The van der Waals surface area contributed by atoms with Crippen molar-refractivity contribution in [1.29, 1.82) is 0 Å². The summed E-state index contributed by atoms with van der Waals surface area (Å²) in [7, 11) is -4.74. The Morgan fingerprint density at radius 1 is 1.27 bits per heavy atom. The third kappa shape index (κ3) is 1.50. The molecule has 0 amide bonds. The number of rotatable bonds is 1. The first-order valence-corrected chi connectivity index (χ1v) is 5.68. The van der Waals surface area contributed by atoms with Gasteiger partial charge in [0.2, 0.25) is 0 Å². The molecule has 1 aromatic carbocycles. The summed E-state index contributed by atoms with van der Waals surface area (Å²) in [6, 6.07) is 3.55. The van der Waals surface area contributed by atoms with Gasteiger partial charge in [0, 0.05) is 5.39 Å². The van der Waals surface area contributed by atoms with Crippen LogP contribution in [0.1, 0.15) is 11.1 Å². The first kappa shape index (κ1) is 10.1. The van der Waals surface area contributed by atoms with E-state index in [0.717, 1.165) is 5.56 Å². The minimum atomic E-state index is -4.74. The second kappa shape index (κ2) is 3.03. The minimum absolute atomic E-state index is 0.331. The van der Waals surface area contributed by atoms with Gasteiger partial charge in [-0.05, 0) is 25.0 Å². The van der Waals surface area contributed by atoms with Gasteiger partial charge in [-0.15, -0.1) is 0 Å². The molecule has 0 radical (unpaired) electrons. The molecule has 0 unspecified atom stereocenters. The fourth-order valence-electron chi connectivity index (χ4n) is 1.57. The molecule has 0 aliphatic rings. The Balaban J connectivity index is 2.98. The fourth-order valence-corrected chi connectivity index (χ4v) is 2.22. The number of aryl methyl sites for hydroxylation is 2. The smallest absolute Gasteiger partial charge is 0.264 e. The Morgan fingerprint density at radius 3 is 2.47 bits per heavy atom. The predicted molar refractivity (Wildman–Crippen MR) is 53.9 cm³/mol. The SMILES string of the molecule is Cc1ccc(C)c2c(S(=O)(=O)F)[nH]nc12. The van der Waals surface area contributed by atoms with Crippen LogP contribution in [0.4, 0.5) is 3.89 Å². The van der Waals surface area contributed by atoms with E-state index in [1.807, 2.05) is 6.07 Å². The van der Waals surface area contributed by atoms with Crippen LogP contribution in [0.25, 0.3) is 10.9 Å². The molecule has 0 spiro atoms. The molecule has 0 bridgehead atoms. The number of halogens is 1. The van der Waals surface area contributed by atoms with Gasteiger partial charge >= 0.3 is 10.2 Å². The van der Waals surface area contributed by atoms with Crippen molar-refractivity contribution in [2.24, 2.45) is 0 Å². The third-order valence-electron chi connectivity index (χ3n) is 2.33. The van der Waals surface area contributed by atoms with Crippen molar-refractivity contribution in [1.82, 2.24) is 10.2 Å². The molecule has 1 N–H and O–H groups in total. The summed E-state index contributed by atoms with van der Waals surface area (Å²) in [5.74, 6) is 0. The maximum atomic E-state index is 12.9. The van der Waals surface area contributed by atoms with Crippen molar-refractivity contribution in [2.75, 3.05) is 0 Å². The van der Waals surface area contributed by atoms with Gasteiger partial charge in [0.15, 0.2) is 5.03 Å². The lowest BCUT2D eigenvalue weighted by molar-refractivity contribution is 0.548. The fraction of sp³-hybridized carbons (Fsp3) is 0.222. The second-order valence-corrected chi connectivity index (χ2v) is 4.70. The van der Waals surface area contributed by atoms with Crippen LogP contribution in [-0.4, -0.2) is 18.6 Å². The Labute approximate surface area is 86.3 Å². The van der Waals surface area contributed by atoms with E-state index in [2.05, 4.69) is 10.2 Å². The van der Waals surface area contributed by atoms with E-state index in [1.165, 1.54) is 0 Å². The van der Waals surface area contributed by atoms with Crippen molar-refractivity contribution in [3.8, 4) is 0 Å². The molecule has 15 heavy (non-hydrogen) atoms. The van der Waals surface area contributed by atoms with Gasteiger partial charge in [0.05, 0.1) is 5.52 Å². The van der Waals surface area contributed by atoms with Crippen LogP contribution in [-0.2, 0) is 10.2 Å². The second-order valence-electron chi connectivity index (χ2n) is 3.41. The van der Waals surface area contributed by atoms with E-state index in [4.69, 9.17) is 0 Å². The molecule has 2 rings (SSSR count). The summed E-state index contributed by atoms with van der Waals surface area (Å²) in [6.45, 7) is 3.50. The van der Waals surface area contributed by atoms with E-state index in [9.17, 15) is 12.3 Å². The molecule has 0 saturated carbocycles. The number of nitrogens with one attached hydrogen (secondary N) is 1. The quantitative estimate of drug-likeness (QED) is 0.757. The molecule has 0 saturated heterocycles. The highest BCUT2D eigenvalue weighted by molar-refractivity contribution is 7.86. The molecular formula is C9H9FN2O2S. The van der Waals surface area contributed by atoms with E-state index in [1.54, 1.807) is 19.9 Å². The normalized spacial score (nSPS) is 12.2. The number of aromatic amines is 1. The summed E-state index contributed by atoms with van der Waals surface area (Å²) < 4.78 is 34.6. The average Bonchev–Trinajstić information content (AvgIpc) is 2.55. The number of aromatic nitrogens is 2. The van der Waals surface area contributed by atoms with Crippen molar-refractivity contribution >= 4 is 21.1 Å². The van der Waals surface area contributed by atoms with Gasteiger partial charge in [-0.3, -0.25) is 5.10 Å². The summed E-state index contributed by atoms with van der Waals surface area (Å²) in [5.41, 5.74) is 1.98. The van der Waals surface area contributed by atoms with Gasteiger partial charge in [-0.25, -0.2) is 0 Å². The standard InChI is InChI=1S/C9H9FN2O2S/c1-5-3-4-6(2)8-7(5)9(12-11-8)15(10,13)14/h3-4H,1-2H3,(H,11,12). The third-order valence-corrected chi connectivity index (χ3v) is 3.11. The summed E-state index contributed by atoms with van der Waals surface area (Å²) in [6.07, 6.45) is 0. The molecule has 0 aliphatic heterocycles. The number of H-pyrrole nitrogens is 1.